The summed E-state index contributed by atoms with van der Waals surface area (Å²) >= 11 is 1.14. The molecule has 1 aromatic rings. The highest BCUT2D eigenvalue weighted by Gasteiger charge is 2.29. The third kappa shape index (κ3) is 3.14. The Morgan fingerprint density at radius 2 is 2.21 bits per heavy atom. The zero-order chi connectivity index (χ0) is 14.0. The van der Waals surface area contributed by atoms with Crippen LogP contribution in [0.3, 0.4) is 0 Å². The summed E-state index contributed by atoms with van der Waals surface area (Å²) in [6.07, 6.45) is 0.0844. The van der Waals surface area contributed by atoms with Crippen molar-refractivity contribution >= 4 is 34.4 Å². The molecule has 0 saturated carbocycles. The van der Waals surface area contributed by atoms with Crippen LogP contribution in [0.1, 0.15) is 17.5 Å². The summed E-state index contributed by atoms with van der Waals surface area (Å²) in [7, 11) is 0. The molecule has 0 aliphatic carbocycles. The lowest BCUT2D eigenvalue weighted by molar-refractivity contribution is -0.121. The zero-order valence-corrected chi connectivity index (χ0v) is 11.6. The zero-order valence-electron chi connectivity index (χ0n) is 10.8. The van der Waals surface area contributed by atoms with Crippen LogP contribution in [0.2, 0.25) is 0 Å². The minimum absolute atomic E-state index is 0.0844. The molecular formula is C13H15N3O2S. The molecule has 0 fully saturated rings. The molecule has 6 heteroatoms. The van der Waals surface area contributed by atoms with Crippen molar-refractivity contribution in [2.24, 2.45) is 10.7 Å². The molecule has 100 valence electrons. The molecule has 0 aromatic heterocycles. The number of aryl methyl sites for hydroxylation is 1. The van der Waals surface area contributed by atoms with Gasteiger partial charge in [0.2, 0.25) is 5.91 Å². The van der Waals surface area contributed by atoms with Gasteiger partial charge in [0.05, 0.1) is 0 Å². The van der Waals surface area contributed by atoms with E-state index >= 15 is 0 Å². The molecule has 0 bridgehead atoms. The number of benzene rings is 1. The van der Waals surface area contributed by atoms with Crippen LogP contribution < -0.4 is 11.1 Å². The summed E-state index contributed by atoms with van der Waals surface area (Å²) in [5.74, 6) is -0.539. The van der Waals surface area contributed by atoms with Gasteiger partial charge in [0, 0.05) is 12.1 Å². The van der Waals surface area contributed by atoms with Crippen molar-refractivity contribution in [2.75, 3.05) is 5.32 Å². The van der Waals surface area contributed by atoms with Crippen LogP contribution in [0.4, 0.5) is 5.69 Å². The minimum atomic E-state index is -0.495. The van der Waals surface area contributed by atoms with Gasteiger partial charge in [-0.15, -0.1) is 0 Å². The number of nitrogens with zero attached hydrogens (tertiary/aromatic N) is 1. The number of anilines is 1. The Balaban J connectivity index is 1.99. The molecule has 3 N–H and O–H groups in total. The van der Waals surface area contributed by atoms with E-state index in [-0.39, 0.29) is 23.4 Å². The number of nitrogens with two attached hydrogens (primary N) is 1. The van der Waals surface area contributed by atoms with Gasteiger partial charge >= 0.3 is 0 Å². The molecule has 2 amide bonds. The third-order valence-corrected chi connectivity index (χ3v) is 3.99. The fraction of sp³-hybridized carbons (Fsp3) is 0.308. The molecule has 19 heavy (non-hydrogen) atoms. The second-order valence-corrected chi connectivity index (χ2v) is 5.62. The molecule has 1 heterocycles. The molecular weight excluding hydrogens is 262 g/mol. The number of hydrogen-bond acceptors (Lipinski definition) is 4. The first-order valence-corrected chi connectivity index (χ1v) is 6.76. The predicted octanol–water partition coefficient (Wildman–Crippen LogP) is 1.59. The summed E-state index contributed by atoms with van der Waals surface area (Å²) in [4.78, 5) is 26.9. The van der Waals surface area contributed by atoms with Crippen LogP contribution in [-0.2, 0) is 9.59 Å². The Labute approximate surface area is 115 Å². The molecule has 1 atom stereocenters. The van der Waals surface area contributed by atoms with E-state index in [1.165, 1.54) is 0 Å². The maximum absolute atomic E-state index is 11.9. The lowest BCUT2D eigenvalue weighted by Gasteiger charge is -2.11. The van der Waals surface area contributed by atoms with Crippen LogP contribution in [0.5, 0.6) is 0 Å². The van der Waals surface area contributed by atoms with E-state index in [2.05, 4.69) is 10.3 Å². The minimum Gasteiger partial charge on any atom is -0.378 e. The molecule has 0 saturated heterocycles. The van der Waals surface area contributed by atoms with Gasteiger partial charge < -0.3 is 11.1 Å². The van der Waals surface area contributed by atoms with Gasteiger partial charge in [0.1, 0.15) is 5.25 Å². The van der Waals surface area contributed by atoms with Gasteiger partial charge in [0.25, 0.3) is 5.91 Å². The van der Waals surface area contributed by atoms with E-state index in [1.54, 1.807) is 0 Å². The molecule has 0 radical (unpaired) electrons. The van der Waals surface area contributed by atoms with Crippen molar-refractivity contribution < 1.29 is 9.59 Å². The van der Waals surface area contributed by atoms with Gasteiger partial charge in [-0.1, -0.05) is 23.9 Å². The summed E-state index contributed by atoms with van der Waals surface area (Å²) < 4.78 is 0. The SMILES string of the molecule is Cc1cccc(NC(=O)CC2SC(N)=NC2=O)c1C. The van der Waals surface area contributed by atoms with Crippen molar-refractivity contribution in [2.45, 2.75) is 25.5 Å². The van der Waals surface area contributed by atoms with Crippen molar-refractivity contribution in [3.63, 3.8) is 0 Å². The van der Waals surface area contributed by atoms with Crippen LogP contribution >= 0.6 is 11.8 Å². The number of carbonyl (C=O) groups is 2. The molecule has 1 aliphatic heterocycles. The quantitative estimate of drug-likeness (QED) is 0.878. The molecule has 0 spiro atoms. The normalized spacial score (nSPS) is 18.3. The maximum atomic E-state index is 11.9. The Morgan fingerprint density at radius 3 is 2.84 bits per heavy atom. The van der Waals surface area contributed by atoms with Crippen molar-refractivity contribution in [1.29, 1.82) is 0 Å². The summed E-state index contributed by atoms with van der Waals surface area (Å²) in [5.41, 5.74) is 8.35. The molecule has 1 unspecified atom stereocenters. The number of hydrogen-bond donors (Lipinski definition) is 2. The van der Waals surface area contributed by atoms with E-state index in [1.807, 2.05) is 32.0 Å². The Kier molecular flexibility index (Phi) is 3.90. The van der Waals surface area contributed by atoms with E-state index in [4.69, 9.17) is 5.73 Å². The number of carbonyl (C=O) groups excluding carboxylic acids is 2. The highest BCUT2D eigenvalue weighted by Crippen LogP contribution is 2.24. The third-order valence-electron chi connectivity index (χ3n) is 3.01. The first kappa shape index (κ1) is 13.6. The number of amides is 2. The molecule has 1 aliphatic rings. The average Bonchev–Trinajstić information content (AvgIpc) is 2.64. The Hall–Kier alpha value is -1.82. The summed E-state index contributed by atoms with van der Waals surface area (Å²) in [5, 5.41) is 2.55. The van der Waals surface area contributed by atoms with E-state index in [9.17, 15) is 9.59 Å². The van der Waals surface area contributed by atoms with Gasteiger partial charge in [-0.05, 0) is 31.0 Å². The highest BCUT2D eigenvalue weighted by molar-refractivity contribution is 8.15. The lowest BCUT2D eigenvalue weighted by atomic mass is 10.1. The van der Waals surface area contributed by atoms with Gasteiger partial charge in [-0.3, -0.25) is 9.59 Å². The number of nitrogens with one attached hydrogen (secondary N) is 1. The summed E-state index contributed by atoms with van der Waals surface area (Å²) in [6.45, 7) is 3.93. The van der Waals surface area contributed by atoms with Gasteiger partial charge in [-0.25, -0.2) is 0 Å². The van der Waals surface area contributed by atoms with E-state index in [0.29, 0.717) is 0 Å². The Bertz CT molecular complexity index is 569. The number of thioether (sulfide) groups is 1. The van der Waals surface area contributed by atoms with Crippen molar-refractivity contribution in [3.8, 4) is 0 Å². The summed E-state index contributed by atoms with van der Waals surface area (Å²) in [6, 6.07) is 5.71. The monoisotopic (exact) mass is 277 g/mol. The maximum Gasteiger partial charge on any atom is 0.262 e. The smallest absolute Gasteiger partial charge is 0.262 e. The van der Waals surface area contributed by atoms with Gasteiger partial charge in [-0.2, -0.15) is 4.99 Å². The topological polar surface area (TPSA) is 84.6 Å². The highest BCUT2D eigenvalue weighted by atomic mass is 32.2. The number of aliphatic imine (C=N–C) groups is 1. The van der Waals surface area contributed by atoms with Crippen molar-refractivity contribution in [3.05, 3.63) is 29.3 Å². The first-order valence-electron chi connectivity index (χ1n) is 5.88. The van der Waals surface area contributed by atoms with Crippen molar-refractivity contribution in [1.82, 2.24) is 0 Å². The van der Waals surface area contributed by atoms with Crippen LogP contribution in [-0.4, -0.2) is 22.2 Å². The van der Waals surface area contributed by atoms with E-state index < -0.39 is 5.25 Å². The van der Waals surface area contributed by atoms with Gasteiger partial charge in [0.15, 0.2) is 5.17 Å². The van der Waals surface area contributed by atoms with Crippen LogP contribution in [0.15, 0.2) is 23.2 Å². The second kappa shape index (κ2) is 5.44. The van der Waals surface area contributed by atoms with E-state index in [0.717, 1.165) is 28.6 Å². The fourth-order valence-corrected chi connectivity index (χ4v) is 2.61. The first-order chi connectivity index (χ1) is 8.97. The molecule has 1 aromatic carbocycles. The predicted molar refractivity (Wildman–Crippen MR) is 77.2 cm³/mol. The second-order valence-electron chi connectivity index (χ2n) is 4.39. The lowest BCUT2D eigenvalue weighted by Crippen LogP contribution is -2.22. The Morgan fingerprint density at radius 1 is 1.47 bits per heavy atom. The number of amidine groups is 1. The van der Waals surface area contributed by atoms with Crippen LogP contribution in [0.25, 0.3) is 0 Å². The van der Waals surface area contributed by atoms with Crippen LogP contribution in [0, 0.1) is 13.8 Å². The number of rotatable bonds is 3. The fourth-order valence-electron chi connectivity index (χ4n) is 1.79. The molecule has 5 nitrogen and oxygen atoms in total. The largest absolute Gasteiger partial charge is 0.378 e. The molecule has 2 rings (SSSR count). The standard InChI is InChI=1S/C13H15N3O2S/c1-7-4-3-5-9(8(7)2)15-11(17)6-10-12(18)16-13(14)19-10/h3-5,10H,6H2,1-2H3,(H,15,17)(H2,14,16,18). The average molecular weight is 277 g/mol.